The first-order valence-corrected chi connectivity index (χ1v) is 11.5. The molecule has 3 aromatic rings. The van der Waals surface area contributed by atoms with E-state index in [2.05, 4.69) is 52.7 Å². The van der Waals surface area contributed by atoms with Gasteiger partial charge in [0, 0.05) is 25.4 Å². The number of hydrogen-bond donors (Lipinski definition) is 1. The molecule has 3 aliphatic rings. The Kier molecular flexibility index (Phi) is 4.59. The zero-order valence-electron chi connectivity index (χ0n) is 18.0. The van der Waals surface area contributed by atoms with Crippen molar-refractivity contribution in [2.45, 2.75) is 32.1 Å². The van der Waals surface area contributed by atoms with E-state index in [1.165, 1.54) is 16.7 Å². The number of nitrogens with zero attached hydrogens (tertiary/aromatic N) is 3. The van der Waals surface area contributed by atoms with Gasteiger partial charge in [-0.25, -0.2) is 14.5 Å². The second kappa shape index (κ2) is 7.62. The quantitative estimate of drug-likeness (QED) is 0.678. The predicted molar refractivity (Wildman–Crippen MR) is 123 cm³/mol. The maximum atomic E-state index is 12.5. The summed E-state index contributed by atoms with van der Waals surface area (Å²) in [5.74, 6) is 1.64. The number of nitrogens with one attached hydrogen (secondary N) is 1. The van der Waals surface area contributed by atoms with Gasteiger partial charge in [-0.2, -0.15) is 5.10 Å². The molecule has 2 fully saturated rings. The second-order valence-electron chi connectivity index (χ2n) is 9.26. The maximum absolute atomic E-state index is 12.5. The Bertz CT molecular complexity index is 1260. The van der Waals surface area contributed by atoms with Gasteiger partial charge < -0.3 is 4.90 Å². The van der Waals surface area contributed by atoms with Crippen molar-refractivity contribution in [3.05, 3.63) is 76.0 Å². The van der Waals surface area contributed by atoms with Crippen molar-refractivity contribution in [1.29, 1.82) is 0 Å². The molecule has 0 unspecified atom stereocenters. The molecule has 1 saturated heterocycles. The smallest absolute Gasteiger partial charge is 0.342 e. The van der Waals surface area contributed by atoms with Crippen LogP contribution in [-0.4, -0.2) is 38.7 Å². The number of aromatic amines is 1. The molecule has 32 heavy (non-hydrogen) atoms. The summed E-state index contributed by atoms with van der Waals surface area (Å²) in [6.07, 6.45) is 9.07. The first kappa shape index (κ1) is 19.3. The molecular weight excluding hydrogens is 400 g/mol. The van der Waals surface area contributed by atoms with Gasteiger partial charge in [0.25, 0.3) is 0 Å². The predicted octanol–water partition coefficient (Wildman–Crippen LogP) is 3.60. The Balaban J connectivity index is 1.20. The standard InChI is InChI=1S/C26H26N4O2/c31-25(20-5-6-20)29-13-12-17(16-29)14-24-27-28-26(32)30(24)23-10-8-19(9-11-23)22-7-4-18-2-1-3-21(18)15-22/h1-2,4,7-11,15,17,20H,3,5-6,12-14,16H2,(H,28,32)/t17-/m0/s1. The Hall–Kier alpha value is -3.41. The van der Waals surface area contributed by atoms with E-state index in [0.29, 0.717) is 18.2 Å². The van der Waals surface area contributed by atoms with Crippen LogP contribution in [0.5, 0.6) is 0 Å². The largest absolute Gasteiger partial charge is 0.347 e. The van der Waals surface area contributed by atoms with Gasteiger partial charge in [-0.05, 0) is 66.0 Å². The fraction of sp³-hybridized carbons (Fsp3) is 0.346. The third-order valence-electron chi connectivity index (χ3n) is 6.97. The summed E-state index contributed by atoms with van der Waals surface area (Å²) in [5.41, 5.74) is 5.56. The third-order valence-corrected chi connectivity index (χ3v) is 6.97. The van der Waals surface area contributed by atoms with Crippen LogP contribution in [0.1, 0.15) is 36.2 Å². The van der Waals surface area contributed by atoms with Gasteiger partial charge in [-0.3, -0.25) is 4.79 Å². The summed E-state index contributed by atoms with van der Waals surface area (Å²) in [7, 11) is 0. The number of likely N-dealkylation sites (tertiary alicyclic amines) is 1. The molecular formula is C26H26N4O2. The van der Waals surface area contributed by atoms with Crippen molar-refractivity contribution in [2.75, 3.05) is 13.1 Å². The van der Waals surface area contributed by atoms with Crippen molar-refractivity contribution in [1.82, 2.24) is 19.7 Å². The van der Waals surface area contributed by atoms with Crippen LogP contribution in [0, 0.1) is 11.8 Å². The maximum Gasteiger partial charge on any atom is 0.347 e. The van der Waals surface area contributed by atoms with Gasteiger partial charge in [0.1, 0.15) is 5.82 Å². The number of H-pyrrole nitrogens is 1. The molecule has 6 heteroatoms. The lowest BCUT2D eigenvalue weighted by atomic mass is 10.00. The Morgan fingerprint density at radius 3 is 2.69 bits per heavy atom. The highest BCUT2D eigenvalue weighted by Gasteiger charge is 2.36. The normalized spacial score (nSPS) is 19.5. The average Bonchev–Trinajstić information content (AvgIpc) is 3.20. The molecule has 1 saturated carbocycles. The van der Waals surface area contributed by atoms with E-state index in [-0.39, 0.29) is 11.6 Å². The molecule has 0 spiro atoms. The van der Waals surface area contributed by atoms with Crippen molar-refractivity contribution < 1.29 is 4.79 Å². The van der Waals surface area contributed by atoms with Crippen LogP contribution >= 0.6 is 0 Å². The lowest BCUT2D eigenvalue weighted by Gasteiger charge is -2.16. The molecule has 2 aliphatic carbocycles. The van der Waals surface area contributed by atoms with Gasteiger partial charge in [0.05, 0.1) is 5.69 Å². The molecule has 6 rings (SSSR count). The summed E-state index contributed by atoms with van der Waals surface area (Å²) in [5, 5.41) is 6.92. The number of benzene rings is 2. The van der Waals surface area contributed by atoms with Crippen LogP contribution in [0.15, 0.2) is 53.3 Å². The Morgan fingerprint density at radius 1 is 1.06 bits per heavy atom. The third kappa shape index (κ3) is 3.49. The van der Waals surface area contributed by atoms with E-state index in [0.717, 1.165) is 55.8 Å². The van der Waals surface area contributed by atoms with E-state index in [4.69, 9.17) is 0 Å². The van der Waals surface area contributed by atoms with Crippen molar-refractivity contribution in [3.63, 3.8) is 0 Å². The Morgan fingerprint density at radius 2 is 1.88 bits per heavy atom. The molecule has 1 aliphatic heterocycles. The summed E-state index contributed by atoms with van der Waals surface area (Å²) in [6, 6.07) is 14.7. The lowest BCUT2D eigenvalue weighted by molar-refractivity contribution is -0.131. The first-order chi connectivity index (χ1) is 15.7. The minimum absolute atomic E-state index is 0.222. The average molecular weight is 427 g/mol. The summed E-state index contributed by atoms with van der Waals surface area (Å²) in [4.78, 5) is 26.9. The highest BCUT2D eigenvalue weighted by Crippen LogP contribution is 2.33. The zero-order chi connectivity index (χ0) is 21.7. The van der Waals surface area contributed by atoms with Gasteiger partial charge in [-0.15, -0.1) is 0 Å². The van der Waals surface area contributed by atoms with E-state index in [1.54, 1.807) is 4.57 Å². The molecule has 1 aromatic heterocycles. The molecule has 0 bridgehead atoms. The number of carbonyl (C=O) groups excluding carboxylic acids is 1. The molecule has 1 N–H and O–H groups in total. The fourth-order valence-corrected chi connectivity index (χ4v) is 5.02. The molecule has 1 amide bonds. The van der Waals surface area contributed by atoms with Crippen LogP contribution in [0.4, 0.5) is 0 Å². The fourth-order valence-electron chi connectivity index (χ4n) is 5.02. The molecule has 2 heterocycles. The van der Waals surface area contributed by atoms with Gasteiger partial charge in [-0.1, -0.05) is 42.5 Å². The summed E-state index contributed by atoms with van der Waals surface area (Å²) >= 11 is 0. The number of rotatable bonds is 5. The van der Waals surface area contributed by atoms with Crippen LogP contribution < -0.4 is 5.69 Å². The molecule has 1 atom stereocenters. The molecule has 6 nitrogen and oxygen atoms in total. The first-order valence-electron chi connectivity index (χ1n) is 11.5. The van der Waals surface area contributed by atoms with Gasteiger partial charge in [0.2, 0.25) is 5.91 Å². The Labute approximate surface area is 186 Å². The topological polar surface area (TPSA) is 71.0 Å². The van der Waals surface area contributed by atoms with E-state index >= 15 is 0 Å². The number of amides is 1. The highest BCUT2D eigenvalue weighted by atomic mass is 16.2. The van der Waals surface area contributed by atoms with Crippen LogP contribution in [0.25, 0.3) is 22.9 Å². The SMILES string of the molecule is O=C(C1CC1)N1CC[C@@H](Cc2n[nH]c(=O)n2-c2ccc(-c3ccc4c(c3)CC=C4)cc2)C1. The van der Waals surface area contributed by atoms with E-state index in [9.17, 15) is 9.59 Å². The minimum atomic E-state index is -0.222. The lowest BCUT2D eigenvalue weighted by Crippen LogP contribution is -2.30. The number of hydrogen-bond acceptors (Lipinski definition) is 3. The molecule has 0 radical (unpaired) electrons. The van der Waals surface area contributed by atoms with E-state index in [1.807, 2.05) is 17.0 Å². The van der Waals surface area contributed by atoms with E-state index < -0.39 is 0 Å². The molecule has 2 aromatic carbocycles. The van der Waals surface area contributed by atoms with Gasteiger partial charge in [0.15, 0.2) is 0 Å². The monoisotopic (exact) mass is 426 g/mol. The zero-order valence-corrected chi connectivity index (χ0v) is 18.0. The summed E-state index contributed by atoms with van der Waals surface area (Å²) < 4.78 is 1.67. The number of aromatic nitrogens is 3. The number of fused-ring (bicyclic) bond motifs is 1. The van der Waals surface area contributed by atoms with Crippen molar-refractivity contribution in [3.8, 4) is 16.8 Å². The number of carbonyl (C=O) groups is 1. The minimum Gasteiger partial charge on any atom is -0.342 e. The van der Waals surface area contributed by atoms with Crippen LogP contribution in [0.2, 0.25) is 0 Å². The molecule has 162 valence electrons. The van der Waals surface area contributed by atoms with Crippen molar-refractivity contribution >= 4 is 12.0 Å². The summed E-state index contributed by atoms with van der Waals surface area (Å²) in [6.45, 7) is 1.59. The highest BCUT2D eigenvalue weighted by molar-refractivity contribution is 5.81. The van der Waals surface area contributed by atoms with Gasteiger partial charge >= 0.3 is 5.69 Å². The second-order valence-corrected chi connectivity index (χ2v) is 9.26. The van der Waals surface area contributed by atoms with Crippen LogP contribution in [-0.2, 0) is 17.6 Å². The van der Waals surface area contributed by atoms with Crippen molar-refractivity contribution in [2.24, 2.45) is 11.8 Å². The van der Waals surface area contributed by atoms with Crippen LogP contribution in [0.3, 0.4) is 0 Å². The number of allylic oxidation sites excluding steroid dienone is 1.